The largest absolute Gasteiger partial charge is 0.298 e. The minimum absolute atomic E-state index is 0.149. The van der Waals surface area contributed by atoms with Crippen molar-refractivity contribution in [2.45, 2.75) is 19.8 Å². The van der Waals surface area contributed by atoms with E-state index >= 15 is 0 Å². The van der Waals surface area contributed by atoms with Gasteiger partial charge in [-0.25, -0.2) is 17.6 Å². The number of hydrogen-bond donors (Lipinski definition) is 0. The van der Waals surface area contributed by atoms with Crippen molar-refractivity contribution in [2.24, 2.45) is 0 Å². The van der Waals surface area contributed by atoms with Crippen molar-refractivity contribution in [3.8, 4) is 11.8 Å². The minimum Gasteiger partial charge on any atom is -0.298 e. The lowest BCUT2D eigenvalue weighted by Crippen LogP contribution is -1.94. The summed E-state index contributed by atoms with van der Waals surface area (Å²) in [7, 11) is 0. The summed E-state index contributed by atoms with van der Waals surface area (Å²) in [6, 6.07) is 8.59. The topological polar surface area (TPSA) is 17.1 Å². The summed E-state index contributed by atoms with van der Waals surface area (Å²) in [5.41, 5.74) is 0.0812. The molecule has 1 nitrogen and oxygen atoms in total. The normalized spacial score (nSPS) is 11.2. The van der Waals surface area contributed by atoms with E-state index in [2.05, 4.69) is 11.8 Å². The van der Waals surface area contributed by atoms with Gasteiger partial charge in [0, 0.05) is 14.3 Å². The zero-order chi connectivity index (χ0) is 23.5. The van der Waals surface area contributed by atoms with Crippen LogP contribution >= 0.6 is 22.7 Å². The summed E-state index contributed by atoms with van der Waals surface area (Å²) in [5, 5.41) is 0. The zero-order valence-corrected chi connectivity index (χ0v) is 19.0. The highest BCUT2D eigenvalue weighted by Crippen LogP contribution is 2.34. The zero-order valence-electron chi connectivity index (χ0n) is 17.3. The summed E-state index contributed by atoms with van der Waals surface area (Å²) >= 11 is 2.84. The van der Waals surface area contributed by atoms with Crippen molar-refractivity contribution >= 4 is 50.5 Å². The molecule has 0 bridgehead atoms. The van der Waals surface area contributed by atoms with Gasteiger partial charge in [-0.3, -0.25) is 4.79 Å². The molecule has 2 aromatic carbocycles. The number of fused-ring (bicyclic) bond motifs is 1. The van der Waals surface area contributed by atoms with E-state index in [1.54, 1.807) is 12.2 Å². The van der Waals surface area contributed by atoms with Gasteiger partial charge in [0.25, 0.3) is 0 Å². The second-order valence-corrected chi connectivity index (χ2v) is 9.47. The molecule has 4 aromatic rings. The highest BCUT2D eigenvalue weighted by atomic mass is 32.1. The Labute approximate surface area is 196 Å². The molecule has 4 rings (SSSR count). The number of thiophene rings is 2. The van der Waals surface area contributed by atoms with Gasteiger partial charge in [0.1, 0.15) is 23.3 Å². The van der Waals surface area contributed by atoms with Gasteiger partial charge >= 0.3 is 0 Å². The van der Waals surface area contributed by atoms with E-state index in [9.17, 15) is 22.4 Å². The molecule has 0 N–H and O–H groups in total. The van der Waals surface area contributed by atoms with Crippen molar-refractivity contribution < 1.29 is 22.4 Å². The molecule has 0 aliphatic carbocycles. The molecule has 33 heavy (non-hydrogen) atoms. The summed E-state index contributed by atoms with van der Waals surface area (Å²) in [6.45, 7) is 1.94. The molecule has 0 saturated carbocycles. The number of carbonyl (C=O) groups excluding carboxylic acids is 1. The van der Waals surface area contributed by atoms with E-state index in [1.807, 2.05) is 19.1 Å². The second kappa shape index (κ2) is 9.74. The molecule has 0 atom stereocenters. The molecule has 7 heteroatoms. The predicted molar refractivity (Wildman–Crippen MR) is 127 cm³/mol. The van der Waals surface area contributed by atoms with Crippen LogP contribution in [0.1, 0.15) is 50.1 Å². The van der Waals surface area contributed by atoms with Crippen molar-refractivity contribution in [3.05, 3.63) is 91.7 Å². The summed E-state index contributed by atoms with van der Waals surface area (Å²) < 4.78 is 57.8. The molecule has 0 aliphatic rings. The van der Waals surface area contributed by atoms with Crippen LogP contribution in [0.4, 0.5) is 17.6 Å². The Morgan fingerprint density at radius 2 is 1.48 bits per heavy atom. The van der Waals surface area contributed by atoms with Gasteiger partial charge in [0.05, 0.1) is 16.0 Å². The Kier molecular flexibility index (Phi) is 6.77. The standard InChI is InChI=1S/C26H16F4OS2/c1-2-3-15-8-21(27)19(22(28)9-15)7-6-18-13-26-25(33-18)12-17(32-26)5-4-16-10-23(29)20(14-31)24(30)11-16/h4-5,8-14H,2-3H2,1H3/b5-4+. The molecule has 2 heterocycles. The number of aryl methyl sites for hydroxylation is 1. The van der Waals surface area contributed by atoms with Crippen LogP contribution in [0.25, 0.3) is 21.6 Å². The first-order valence-corrected chi connectivity index (χ1v) is 11.7. The number of halogens is 4. The fourth-order valence-electron chi connectivity index (χ4n) is 3.29. The molecule has 0 saturated heterocycles. The lowest BCUT2D eigenvalue weighted by molar-refractivity contribution is 0.111. The lowest BCUT2D eigenvalue weighted by atomic mass is 10.1. The van der Waals surface area contributed by atoms with Gasteiger partial charge in [0.15, 0.2) is 6.29 Å². The summed E-state index contributed by atoms with van der Waals surface area (Å²) in [5.74, 6) is 2.30. The first-order valence-electron chi connectivity index (χ1n) is 10.0. The number of rotatable bonds is 5. The van der Waals surface area contributed by atoms with Gasteiger partial charge in [-0.15, -0.1) is 22.7 Å². The monoisotopic (exact) mass is 484 g/mol. The molecule has 0 amide bonds. The number of benzene rings is 2. The van der Waals surface area contributed by atoms with E-state index in [-0.39, 0.29) is 11.8 Å². The third kappa shape index (κ3) is 5.08. The molecule has 0 radical (unpaired) electrons. The van der Waals surface area contributed by atoms with Crippen molar-refractivity contribution in [3.63, 3.8) is 0 Å². The quantitative estimate of drug-likeness (QED) is 0.160. The first kappa shape index (κ1) is 23.0. The van der Waals surface area contributed by atoms with Crippen LogP contribution in [0.3, 0.4) is 0 Å². The fraction of sp³-hybridized carbons (Fsp3) is 0.115. The van der Waals surface area contributed by atoms with E-state index < -0.39 is 28.8 Å². The van der Waals surface area contributed by atoms with E-state index in [1.165, 1.54) is 34.8 Å². The minimum atomic E-state index is -0.909. The number of hydrogen-bond acceptors (Lipinski definition) is 3. The first-order chi connectivity index (χ1) is 15.9. The third-order valence-electron chi connectivity index (χ3n) is 4.84. The lowest BCUT2D eigenvalue weighted by Gasteiger charge is -2.02. The van der Waals surface area contributed by atoms with Crippen molar-refractivity contribution in [2.75, 3.05) is 0 Å². The number of aldehydes is 1. The van der Waals surface area contributed by atoms with Crippen LogP contribution in [0, 0.1) is 35.1 Å². The third-order valence-corrected chi connectivity index (χ3v) is 7.01. The average Bonchev–Trinajstić information content (AvgIpc) is 3.30. The predicted octanol–water partition coefficient (Wildman–Crippen LogP) is 7.85. The van der Waals surface area contributed by atoms with Crippen LogP contribution in [-0.4, -0.2) is 6.29 Å². The van der Waals surface area contributed by atoms with Crippen molar-refractivity contribution in [1.82, 2.24) is 0 Å². The van der Waals surface area contributed by atoms with E-state index in [0.717, 1.165) is 32.8 Å². The number of carbonyl (C=O) groups is 1. The van der Waals surface area contributed by atoms with Crippen LogP contribution in [-0.2, 0) is 6.42 Å². The van der Waals surface area contributed by atoms with Crippen molar-refractivity contribution in [1.29, 1.82) is 0 Å². The van der Waals surface area contributed by atoms with Gasteiger partial charge in [0.2, 0.25) is 0 Å². The smallest absolute Gasteiger partial charge is 0.155 e. The maximum Gasteiger partial charge on any atom is 0.155 e. The van der Waals surface area contributed by atoms with E-state index in [0.29, 0.717) is 22.4 Å². The molecule has 166 valence electrons. The molecule has 0 aliphatic heterocycles. The van der Waals surface area contributed by atoms with E-state index in [4.69, 9.17) is 0 Å². The van der Waals surface area contributed by atoms with Gasteiger partial charge in [-0.05, 0) is 60.0 Å². The van der Waals surface area contributed by atoms with Gasteiger partial charge < -0.3 is 0 Å². The fourth-order valence-corrected chi connectivity index (χ4v) is 5.45. The highest BCUT2D eigenvalue weighted by Gasteiger charge is 2.11. The SMILES string of the molecule is CCCc1cc(F)c(C#Cc2cc3sc(/C=C/c4cc(F)c(C=O)c(F)c4)cc3s2)c(F)c1. The van der Waals surface area contributed by atoms with Gasteiger partial charge in [-0.2, -0.15) is 0 Å². The van der Waals surface area contributed by atoms with Crippen LogP contribution in [0.15, 0.2) is 36.4 Å². The molecule has 0 fully saturated rings. The van der Waals surface area contributed by atoms with Crippen LogP contribution in [0.5, 0.6) is 0 Å². The maximum atomic E-state index is 14.2. The Bertz CT molecular complexity index is 1370. The Hall–Kier alpha value is -3.21. The second-order valence-electron chi connectivity index (χ2n) is 7.27. The summed E-state index contributed by atoms with van der Waals surface area (Å²) in [4.78, 5) is 12.2. The summed E-state index contributed by atoms with van der Waals surface area (Å²) in [6.07, 6.45) is 4.84. The molecule has 0 unspecified atom stereocenters. The van der Waals surface area contributed by atoms with Gasteiger partial charge in [-0.1, -0.05) is 31.3 Å². The molecule has 2 aromatic heterocycles. The van der Waals surface area contributed by atoms with Crippen LogP contribution in [0.2, 0.25) is 0 Å². The molecular weight excluding hydrogens is 468 g/mol. The Morgan fingerprint density at radius 1 is 0.818 bits per heavy atom. The van der Waals surface area contributed by atoms with Crippen LogP contribution < -0.4 is 0 Å². The Morgan fingerprint density at radius 3 is 2.09 bits per heavy atom. The highest BCUT2D eigenvalue weighted by molar-refractivity contribution is 7.28. The average molecular weight is 485 g/mol. The maximum absolute atomic E-state index is 14.2. The Balaban J connectivity index is 1.54. The molecule has 0 spiro atoms. The molecular formula is C26H16F4OS2.